The number of benzene rings is 1. The molecule has 4 heteroatoms. The molecular formula is C14H18ClNO2. The van der Waals surface area contributed by atoms with Gasteiger partial charge in [-0.2, -0.15) is 0 Å². The van der Waals surface area contributed by atoms with E-state index in [9.17, 15) is 0 Å². The quantitative estimate of drug-likeness (QED) is 0.895. The van der Waals surface area contributed by atoms with Crippen molar-refractivity contribution in [3.63, 3.8) is 0 Å². The second kappa shape index (κ2) is 4.63. The zero-order valence-corrected chi connectivity index (χ0v) is 11.2. The van der Waals surface area contributed by atoms with Crippen LogP contribution in [0, 0.1) is 11.8 Å². The Labute approximate surface area is 112 Å². The molecule has 3 rings (SSSR count). The maximum absolute atomic E-state index is 6.31. The van der Waals surface area contributed by atoms with Crippen molar-refractivity contribution in [1.82, 2.24) is 0 Å². The molecule has 0 amide bonds. The molecule has 0 spiro atoms. The van der Waals surface area contributed by atoms with Crippen LogP contribution in [0.2, 0.25) is 5.02 Å². The summed E-state index contributed by atoms with van der Waals surface area (Å²) >= 11 is 6.31. The van der Waals surface area contributed by atoms with E-state index in [0.29, 0.717) is 30.1 Å². The van der Waals surface area contributed by atoms with E-state index in [2.05, 4.69) is 6.92 Å². The van der Waals surface area contributed by atoms with Gasteiger partial charge in [0.2, 0.25) is 0 Å². The molecule has 2 aliphatic rings. The predicted molar refractivity (Wildman–Crippen MR) is 71.3 cm³/mol. The molecule has 0 saturated heterocycles. The van der Waals surface area contributed by atoms with Crippen LogP contribution in [-0.2, 0) is 0 Å². The van der Waals surface area contributed by atoms with E-state index in [1.165, 1.54) is 6.42 Å². The zero-order chi connectivity index (χ0) is 12.7. The summed E-state index contributed by atoms with van der Waals surface area (Å²) < 4.78 is 11.3. The summed E-state index contributed by atoms with van der Waals surface area (Å²) in [6.07, 6.45) is 2.08. The lowest BCUT2D eigenvalue weighted by Crippen LogP contribution is -2.14. The third-order valence-electron chi connectivity index (χ3n) is 3.86. The highest BCUT2D eigenvalue weighted by molar-refractivity contribution is 6.31. The van der Waals surface area contributed by atoms with Gasteiger partial charge in [-0.25, -0.2) is 0 Å². The molecule has 1 aliphatic heterocycles. The maximum Gasteiger partial charge on any atom is 0.162 e. The third-order valence-corrected chi connectivity index (χ3v) is 4.19. The van der Waals surface area contributed by atoms with Crippen molar-refractivity contribution in [1.29, 1.82) is 0 Å². The summed E-state index contributed by atoms with van der Waals surface area (Å²) in [7, 11) is 0. The van der Waals surface area contributed by atoms with Crippen molar-refractivity contribution < 1.29 is 9.47 Å². The van der Waals surface area contributed by atoms with Crippen LogP contribution in [0.5, 0.6) is 11.5 Å². The van der Waals surface area contributed by atoms with E-state index < -0.39 is 0 Å². The molecule has 0 radical (unpaired) electrons. The number of rotatable bonds is 2. The minimum Gasteiger partial charge on any atom is -0.490 e. The van der Waals surface area contributed by atoms with E-state index >= 15 is 0 Å². The van der Waals surface area contributed by atoms with Crippen molar-refractivity contribution in [2.75, 3.05) is 13.2 Å². The van der Waals surface area contributed by atoms with Crippen LogP contribution in [-0.4, -0.2) is 13.2 Å². The molecule has 3 atom stereocenters. The van der Waals surface area contributed by atoms with Crippen molar-refractivity contribution in [3.8, 4) is 11.5 Å². The SMILES string of the molecule is CC1CC1C(N)c1cc2c(cc1Cl)OCCCO2. The highest BCUT2D eigenvalue weighted by Gasteiger charge is 2.39. The molecule has 18 heavy (non-hydrogen) atoms. The standard InChI is InChI=1S/C14H18ClNO2/c1-8-5-9(8)14(16)10-6-12-13(7-11(10)15)18-4-2-3-17-12/h6-9,14H,2-5,16H2,1H3. The maximum atomic E-state index is 6.31. The molecule has 1 aromatic carbocycles. The summed E-state index contributed by atoms with van der Waals surface area (Å²) in [5, 5.41) is 0.686. The summed E-state index contributed by atoms with van der Waals surface area (Å²) in [5.74, 6) is 2.76. The number of halogens is 1. The fourth-order valence-corrected chi connectivity index (χ4v) is 2.82. The Balaban J connectivity index is 1.92. The second-order valence-electron chi connectivity index (χ2n) is 5.27. The fourth-order valence-electron chi connectivity index (χ4n) is 2.54. The average molecular weight is 268 g/mol. The van der Waals surface area contributed by atoms with Crippen LogP contribution in [0.1, 0.15) is 31.4 Å². The Morgan fingerprint density at radius 2 is 1.89 bits per heavy atom. The second-order valence-corrected chi connectivity index (χ2v) is 5.68. The van der Waals surface area contributed by atoms with Crippen molar-refractivity contribution >= 4 is 11.6 Å². The van der Waals surface area contributed by atoms with Gasteiger partial charge < -0.3 is 15.2 Å². The Morgan fingerprint density at radius 1 is 1.28 bits per heavy atom. The van der Waals surface area contributed by atoms with Crippen molar-refractivity contribution in [2.24, 2.45) is 17.6 Å². The third kappa shape index (κ3) is 2.17. The van der Waals surface area contributed by atoms with Gasteiger partial charge in [0, 0.05) is 23.6 Å². The smallest absolute Gasteiger partial charge is 0.162 e. The molecule has 0 aromatic heterocycles. The minimum absolute atomic E-state index is 0.00431. The van der Waals surface area contributed by atoms with Gasteiger partial charge in [-0.1, -0.05) is 18.5 Å². The van der Waals surface area contributed by atoms with Crippen LogP contribution in [0.25, 0.3) is 0 Å². The summed E-state index contributed by atoms with van der Waals surface area (Å²) in [5.41, 5.74) is 7.26. The summed E-state index contributed by atoms with van der Waals surface area (Å²) in [4.78, 5) is 0. The number of fused-ring (bicyclic) bond motifs is 1. The van der Waals surface area contributed by atoms with Gasteiger partial charge >= 0.3 is 0 Å². The first-order chi connectivity index (χ1) is 8.66. The van der Waals surface area contributed by atoms with Gasteiger partial charge in [0.15, 0.2) is 11.5 Å². The molecule has 1 heterocycles. The van der Waals surface area contributed by atoms with Gasteiger partial charge in [0.05, 0.1) is 13.2 Å². The first-order valence-electron chi connectivity index (χ1n) is 6.51. The predicted octanol–water partition coefficient (Wildman–Crippen LogP) is 3.16. The van der Waals surface area contributed by atoms with Crippen LogP contribution >= 0.6 is 11.6 Å². The number of ether oxygens (including phenoxy) is 2. The lowest BCUT2D eigenvalue weighted by Gasteiger charge is -2.16. The molecule has 1 aromatic rings. The lowest BCUT2D eigenvalue weighted by atomic mass is 10.0. The van der Waals surface area contributed by atoms with Crippen LogP contribution < -0.4 is 15.2 Å². The molecule has 1 fully saturated rings. The Bertz CT molecular complexity index is 463. The highest BCUT2D eigenvalue weighted by atomic mass is 35.5. The molecule has 98 valence electrons. The van der Waals surface area contributed by atoms with Crippen molar-refractivity contribution in [3.05, 3.63) is 22.7 Å². The van der Waals surface area contributed by atoms with Gasteiger partial charge in [0.25, 0.3) is 0 Å². The molecule has 2 N–H and O–H groups in total. The van der Waals surface area contributed by atoms with Gasteiger partial charge in [-0.15, -0.1) is 0 Å². The average Bonchev–Trinajstić information content (AvgIpc) is 3.10. The minimum atomic E-state index is 0.00431. The highest BCUT2D eigenvalue weighted by Crippen LogP contribution is 2.48. The normalized spacial score (nSPS) is 27.5. The lowest BCUT2D eigenvalue weighted by molar-refractivity contribution is 0.297. The molecule has 3 nitrogen and oxygen atoms in total. The van der Waals surface area contributed by atoms with Crippen LogP contribution in [0.15, 0.2) is 12.1 Å². The van der Waals surface area contributed by atoms with Gasteiger partial charge in [0.1, 0.15) is 0 Å². The zero-order valence-electron chi connectivity index (χ0n) is 10.5. The number of hydrogen-bond donors (Lipinski definition) is 1. The van der Waals surface area contributed by atoms with Crippen molar-refractivity contribution in [2.45, 2.75) is 25.8 Å². The van der Waals surface area contributed by atoms with E-state index in [1.807, 2.05) is 12.1 Å². The van der Waals surface area contributed by atoms with E-state index in [4.69, 9.17) is 26.8 Å². The van der Waals surface area contributed by atoms with Gasteiger partial charge in [-0.3, -0.25) is 0 Å². The molecule has 1 aliphatic carbocycles. The molecule has 1 saturated carbocycles. The van der Waals surface area contributed by atoms with Crippen LogP contribution in [0.3, 0.4) is 0 Å². The van der Waals surface area contributed by atoms with E-state index in [1.54, 1.807) is 0 Å². The summed E-state index contributed by atoms with van der Waals surface area (Å²) in [6.45, 7) is 3.58. The van der Waals surface area contributed by atoms with E-state index in [0.717, 1.165) is 23.5 Å². The summed E-state index contributed by atoms with van der Waals surface area (Å²) in [6, 6.07) is 3.80. The number of hydrogen-bond acceptors (Lipinski definition) is 3. The molecular weight excluding hydrogens is 250 g/mol. The monoisotopic (exact) mass is 267 g/mol. The number of nitrogens with two attached hydrogens (primary N) is 1. The van der Waals surface area contributed by atoms with E-state index in [-0.39, 0.29) is 6.04 Å². The Hall–Kier alpha value is -0.930. The first-order valence-corrected chi connectivity index (χ1v) is 6.89. The Kier molecular flexibility index (Phi) is 3.12. The largest absolute Gasteiger partial charge is 0.490 e. The van der Waals surface area contributed by atoms with Crippen LogP contribution in [0.4, 0.5) is 0 Å². The molecule has 0 bridgehead atoms. The topological polar surface area (TPSA) is 44.5 Å². The first kappa shape index (κ1) is 12.1. The molecule has 3 unspecified atom stereocenters. The Morgan fingerprint density at radius 3 is 2.50 bits per heavy atom. The van der Waals surface area contributed by atoms with Gasteiger partial charge in [-0.05, 0) is 29.9 Å². The fraction of sp³-hybridized carbons (Fsp3) is 0.571.